The first-order valence-corrected chi connectivity index (χ1v) is 6.26. The van der Waals surface area contributed by atoms with E-state index in [-0.39, 0.29) is 5.56 Å². The summed E-state index contributed by atoms with van der Waals surface area (Å²) in [5.74, 6) is -1.10. The summed E-state index contributed by atoms with van der Waals surface area (Å²) in [5, 5.41) is 9.79. The van der Waals surface area contributed by atoms with Gasteiger partial charge in [-0.2, -0.15) is 0 Å². The summed E-state index contributed by atoms with van der Waals surface area (Å²) in [5.41, 5.74) is 4.90. The van der Waals surface area contributed by atoms with Gasteiger partial charge in [-0.25, -0.2) is 4.39 Å². The maximum absolute atomic E-state index is 13.8. The normalized spacial score (nSPS) is 11.9. The maximum Gasteiger partial charge on any atom is 0.248 e. The van der Waals surface area contributed by atoms with Gasteiger partial charge in [-0.05, 0) is 32.5 Å². The molecule has 3 N–H and O–H groups in total. The van der Waals surface area contributed by atoms with Crippen LogP contribution in [0, 0.1) is 5.82 Å². The van der Waals surface area contributed by atoms with Crippen molar-refractivity contribution in [3.63, 3.8) is 0 Å². The minimum absolute atomic E-state index is 0.159. The predicted octanol–water partition coefficient (Wildman–Crippen LogP) is 1.52. The lowest BCUT2D eigenvalue weighted by Gasteiger charge is -2.28. The Morgan fingerprint density at radius 2 is 2.11 bits per heavy atom. The molecule has 0 unspecified atom stereocenters. The van der Waals surface area contributed by atoms with Crippen molar-refractivity contribution in [1.82, 2.24) is 4.90 Å². The Balaban J connectivity index is 2.83. The first-order chi connectivity index (χ1) is 8.73. The van der Waals surface area contributed by atoms with E-state index in [9.17, 15) is 14.3 Å². The second-order valence-electron chi connectivity index (χ2n) is 5.29. The zero-order valence-corrected chi connectivity index (χ0v) is 11.6. The fourth-order valence-electron chi connectivity index (χ4n) is 1.90. The van der Waals surface area contributed by atoms with Crippen LogP contribution in [0.5, 0.6) is 0 Å². The molecule has 0 bridgehead atoms. The Labute approximate surface area is 113 Å². The van der Waals surface area contributed by atoms with Crippen LogP contribution < -0.4 is 5.73 Å². The third-order valence-corrected chi connectivity index (χ3v) is 2.79. The molecule has 1 amide bonds. The molecule has 0 radical (unpaired) electrons. The standard InChI is InChI=1S/C14H21FN2O2/c1-4-17(9-14(2,3)19)8-11-6-5-10(13(16)18)7-12(11)15/h5-7,19H,4,8-9H2,1-3H3,(H2,16,18). The van der Waals surface area contributed by atoms with Crippen LogP contribution in [0.1, 0.15) is 36.7 Å². The van der Waals surface area contributed by atoms with E-state index in [0.717, 1.165) is 6.07 Å². The fraction of sp³-hybridized carbons (Fsp3) is 0.500. The topological polar surface area (TPSA) is 66.6 Å². The van der Waals surface area contributed by atoms with Gasteiger partial charge in [0.05, 0.1) is 5.60 Å². The number of hydrogen-bond donors (Lipinski definition) is 2. The Bertz CT molecular complexity index is 455. The number of primary amides is 1. The number of benzene rings is 1. The highest BCUT2D eigenvalue weighted by atomic mass is 19.1. The molecule has 0 aliphatic heterocycles. The highest BCUT2D eigenvalue weighted by Crippen LogP contribution is 2.14. The van der Waals surface area contributed by atoms with E-state index in [0.29, 0.717) is 25.2 Å². The highest BCUT2D eigenvalue weighted by molar-refractivity contribution is 5.92. The molecule has 19 heavy (non-hydrogen) atoms. The third-order valence-electron chi connectivity index (χ3n) is 2.79. The van der Waals surface area contributed by atoms with Crippen LogP contribution in [0.25, 0.3) is 0 Å². The van der Waals surface area contributed by atoms with Gasteiger partial charge in [-0.15, -0.1) is 0 Å². The molecule has 5 heteroatoms. The molecule has 0 fully saturated rings. The number of hydrogen-bond acceptors (Lipinski definition) is 3. The molecule has 106 valence electrons. The first kappa shape index (κ1) is 15.6. The number of carbonyl (C=O) groups excluding carboxylic acids is 1. The lowest BCUT2D eigenvalue weighted by molar-refractivity contribution is 0.0350. The van der Waals surface area contributed by atoms with E-state index in [2.05, 4.69) is 0 Å². The molecule has 0 spiro atoms. The molecule has 0 saturated heterocycles. The summed E-state index contributed by atoms with van der Waals surface area (Å²) in [7, 11) is 0. The van der Waals surface area contributed by atoms with E-state index in [1.165, 1.54) is 6.07 Å². The van der Waals surface area contributed by atoms with E-state index in [4.69, 9.17) is 5.73 Å². The molecule has 4 nitrogen and oxygen atoms in total. The average Bonchev–Trinajstić information content (AvgIpc) is 2.28. The van der Waals surface area contributed by atoms with Gasteiger partial charge in [0.25, 0.3) is 0 Å². The maximum atomic E-state index is 13.8. The molecule has 0 aromatic heterocycles. The molecule has 0 saturated carbocycles. The summed E-state index contributed by atoms with van der Waals surface area (Å²) < 4.78 is 13.8. The van der Waals surface area contributed by atoms with Crippen molar-refractivity contribution in [3.8, 4) is 0 Å². The minimum Gasteiger partial charge on any atom is -0.389 e. The van der Waals surface area contributed by atoms with Crippen LogP contribution in [-0.2, 0) is 6.54 Å². The van der Waals surface area contributed by atoms with E-state index in [1.54, 1.807) is 19.9 Å². The van der Waals surface area contributed by atoms with Crippen molar-refractivity contribution < 1.29 is 14.3 Å². The van der Waals surface area contributed by atoms with Crippen LogP contribution in [0.4, 0.5) is 4.39 Å². The van der Waals surface area contributed by atoms with Crippen LogP contribution >= 0.6 is 0 Å². The molecular weight excluding hydrogens is 247 g/mol. The van der Waals surface area contributed by atoms with E-state index < -0.39 is 17.3 Å². The first-order valence-electron chi connectivity index (χ1n) is 6.26. The second-order valence-corrected chi connectivity index (χ2v) is 5.29. The lowest BCUT2D eigenvalue weighted by Crippen LogP contribution is -2.38. The zero-order valence-electron chi connectivity index (χ0n) is 11.6. The molecule has 0 heterocycles. The van der Waals surface area contributed by atoms with Crippen molar-refractivity contribution in [2.45, 2.75) is 32.9 Å². The van der Waals surface area contributed by atoms with Crippen molar-refractivity contribution in [1.29, 1.82) is 0 Å². The molecule has 0 aliphatic rings. The number of aliphatic hydroxyl groups is 1. The largest absolute Gasteiger partial charge is 0.389 e. The van der Waals surface area contributed by atoms with Crippen molar-refractivity contribution >= 4 is 5.91 Å². The lowest BCUT2D eigenvalue weighted by atomic mass is 10.1. The number of halogens is 1. The van der Waals surface area contributed by atoms with Gasteiger partial charge in [-0.3, -0.25) is 9.69 Å². The van der Waals surface area contributed by atoms with Gasteiger partial charge < -0.3 is 10.8 Å². The summed E-state index contributed by atoms with van der Waals surface area (Å²) >= 11 is 0. The number of nitrogens with two attached hydrogens (primary N) is 1. The highest BCUT2D eigenvalue weighted by Gasteiger charge is 2.18. The predicted molar refractivity (Wildman–Crippen MR) is 72.2 cm³/mol. The summed E-state index contributed by atoms with van der Waals surface area (Å²) in [6.07, 6.45) is 0. The smallest absolute Gasteiger partial charge is 0.248 e. The van der Waals surface area contributed by atoms with Gasteiger partial charge in [0.2, 0.25) is 5.91 Å². The van der Waals surface area contributed by atoms with Crippen molar-refractivity contribution in [3.05, 3.63) is 35.1 Å². The quantitative estimate of drug-likeness (QED) is 0.822. The zero-order chi connectivity index (χ0) is 14.6. The minimum atomic E-state index is -0.834. The van der Waals surface area contributed by atoms with Crippen molar-refractivity contribution in [2.75, 3.05) is 13.1 Å². The Kier molecular flexibility index (Phi) is 5.03. The summed E-state index contributed by atoms with van der Waals surface area (Å²) in [6.45, 7) is 6.89. The average molecular weight is 268 g/mol. The number of rotatable bonds is 6. The summed E-state index contributed by atoms with van der Waals surface area (Å²) in [4.78, 5) is 12.9. The van der Waals surface area contributed by atoms with Gasteiger partial charge >= 0.3 is 0 Å². The number of carbonyl (C=O) groups is 1. The molecule has 0 aliphatic carbocycles. The Morgan fingerprint density at radius 3 is 2.53 bits per heavy atom. The third kappa shape index (κ3) is 4.96. The van der Waals surface area contributed by atoms with Gasteiger partial charge in [0.1, 0.15) is 5.82 Å². The van der Waals surface area contributed by atoms with Crippen LogP contribution in [-0.4, -0.2) is 34.6 Å². The monoisotopic (exact) mass is 268 g/mol. The van der Waals surface area contributed by atoms with Crippen LogP contribution in [0.15, 0.2) is 18.2 Å². The Hall–Kier alpha value is -1.46. The molecule has 1 rings (SSSR count). The summed E-state index contributed by atoms with van der Waals surface area (Å²) in [6, 6.07) is 4.22. The number of nitrogens with zero attached hydrogens (tertiary/aromatic N) is 1. The van der Waals surface area contributed by atoms with Crippen LogP contribution in [0.3, 0.4) is 0 Å². The second kappa shape index (κ2) is 6.12. The molecule has 1 aromatic rings. The van der Waals surface area contributed by atoms with Crippen LogP contribution in [0.2, 0.25) is 0 Å². The fourth-order valence-corrected chi connectivity index (χ4v) is 1.90. The SMILES string of the molecule is CCN(Cc1ccc(C(N)=O)cc1F)CC(C)(C)O. The molecular formula is C14H21FN2O2. The number of amides is 1. The van der Waals surface area contributed by atoms with Gasteiger partial charge in [0, 0.05) is 24.2 Å². The van der Waals surface area contributed by atoms with E-state index in [1.807, 2.05) is 11.8 Å². The van der Waals surface area contributed by atoms with Gasteiger partial charge in [0.15, 0.2) is 0 Å². The molecule has 1 aromatic carbocycles. The number of likely N-dealkylation sites (N-methyl/N-ethyl adjacent to an activating group) is 1. The van der Waals surface area contributed by atoms with Crippen molar-refractivity contribution in [2.24, 2.45) is 5.73 Å². The Morgan fingerprint density at radius 1 is 1.47 bits per heavy atom. The van der Waals surface area contributed by atoms with Gasteiger partial charge in [-0.1, -0.05) is 13.0 Å². The molecule has 0 atom stereocenters. The van der Waals surface area contributed by atoms with E-state index >= 15 is 0 Å².